The number of hydrogen-bond acceptors (Lipinski definition) is 5. The highest BCUT2D eigenvalue weighted by molar-refractivity contribution is 6.51. The highest BCUT2D eigenvalue weighted by Gasteiger charge is 2.48. The molecule has 146 valence electrons. The van der Waals surface area contributed by atoms with Crippen LogP contribution in [0.2, 0.25) is 5.02 Å². The van der Waals surface area contributed by atoms with E-state index in [0.717, 1.165) is 0 Å². The Bertz CT molecular complexity index is 1090. The van der Waals surface area contributed by atoms with Gasteiger partial charge in [-0.15, -0.1) is 0 Å². The first-order chi connectivity index (χ1) is 14.0. The third-order valence-electron chi connectivity index (χ3n) is 4.73. The number of carbonyl (C=O) groups is 2. The molecule has 1 amide bonds. The van der Waals surface area contributed by atoms with Gasteiger partial charge < -0.3 is 14.3 Å². The van der Waals surface area contributed by atoms with Crippen LogP contribution in [0.5, 0.6) is 5.75 Å². The van der Waals surface area contributed by atoms with Gasteiger partial charge >= 0.3 is 0 Å². The molecule has 1 N–H and O–H groups in total. The van der Waals surface area contributed by atoms with Crippen molar-refractivity contribution in [3.8, 4) is 5.75 Å². The molecule has 1 atom stereocenters. The highest BCUT2D eigenvalue weighted by atomic mass is 35.5. The minimum Gasteiger partial charge on any atom is -0.507 e. The molecule has 1 unspecified atom stereocenters. The van der Waals surface area contributed by atoms with Gasteiger partial charge in [0.2, 0.25) is 0 Å². The molecule has 6 nitrogen and oxygen atoms in total. The Kier molecular flexibility index (Phi) is 4.86. The molecule has 0 spiro atoms. The summed E-state index contributed by atoms with van der Waals surface area (Å²) in [4.78, 5) is 27.1. The van der Waals surface area contributed by atoms with Gasteiger partial charge in [-0.05, 0) is 60.7 Å². The van der Waals surface area contributed by atoms with Crippen molar-refractivity contribution in [2.75, 3.05) is 12.0 Å². The van der Waals surface area contributed by atoms with Crippen molar-refractivity contribution >= 4 is 34.7 Å². The number of amides is 1. The molecular formula is C22H16ClNO5. The lowest BCUT2D eigenvalue weighted by molar-refractivity contribution is -0.132. The van der Waals surface area contributed by atoms with Crippen molar-refractivity contribution in [1.82, 2.24) is 0 Å². The average molecular weight is 410 g/mol. The molecule has 1 aromatic heterocycles. The maximum Gasteiger partial charge on any atom is 0.300 e. The van der Waals surface area contributed by atoms with Crippen LogP contribution in [0.15, 0.2) is 76.9 Å². The van der Waals surface area contributed by atoms with Crippen molar-refractivity contribution in [3.63, 3.8) is 0 Å². The second-order valence-corrected chi connectivity index (χ2v) is 6.83. The zero-order chi connectivity index (χ0) is 20.5. The molecule has 0 radical (unpaired) electrons. The quantitative estimate of drug-likeness (QED) is 0.388. The SMILES string of the molecule is COc1ccc(N2C(=O)C(=O)/C(=C(\O)c3ccc(Cl)cc3)C2c2ccco2)cc1. The third kappa shape index (κ3) is 3.28. The lowest BCUT2D eigenvalue weighted by Gasteiger charge is -2.23. The van der Waals surface area contributed by atoms with Crippen LogP contribution in [0.1, 0.15) is 17.4 Å². The van der Waals surface area contributed by atoms with E-state index >= 15 is 0 Å². The Morgan fingerprint density at radius 1 is 1.07 bits per heavy atom. The Morgan fingerprint density at radius 3 is 2.34 bits per heavy atom. The number of ether oxygens (including phenoxy) is 1. The Morgan fingerprint density at radius 2 is 1.76 bits per heavy atom. The smallest absolute Gasteiger partial charge is 0.300 e. The van der Waals surface area contributed by atoms with Gasteiger partial charge in [0.15, 0.2) is 0 Å². The van der Waals surface area contributed by atoms with Crippen molar-refractivity contribution in [2.45, 2.75) is 6.04 Å². The number of methoxy groups -OCH3 is 1. The van der Waals surface area contributed by atoms with Gasteiger partial charge in [-0.1, -0.05) is 11.6 Å². The van der Waals surface area contributed by atoms with Gasteiger partial charge in [-0.3, -0.25) is 14.5 Å². The lowest BCUT2D eigenvalue weighted by atomic mass is 9.99. The fraction of sp³-hybridized carbons (Fsp3) is 0.0909. The second kappa shape index (κ2) is 7.48. The molecule has 1 fully saturated rings. The van der Waals surface area contributed by atoms with Crippen LogP contribution in [0.4, 0.5) is 5.69 Å². The molecular weight excluding hydrogens is 394 g/mol. The fourth-order valence-electron chi connectivity index (χ4n) is 3.32. The zero-order valence-corrected chi connectivity index (χ0v) is 16.1. The maximum atomic E-state index is 12.9. The van der Waals surface area contributed by atoms with E-state index in [1.54, 1.807) is 60.7 Å². The summed E-state index contributed by atoms with van der Waals surface area (Å²) in [5.74, 6) is -0.879. The van der Waals surface area contributed by atoms with Crippen LogP contribution in [-0.4, -0.2) is 23.9 Å². The van der Waals surface area contributed by atoms with Crippen molar-refractivity contribution in [2.24, 2.45) is 0 Å². The number of benzene rings is 2. The first kappa shape index (κ1) is 18.8. The molecule has 4 rings (SSSR count). The number of nitrogens with zero attached hydrogens (tertiary/aromatic N) is 1. The monoisotopic (exact) mass is 409 g/mol. The van der Waals surface area contributed by atoms with Gasteiger partial charge in [0.05, 0.1) is 18.9 Å². The molecule has 3 aromatic rings. The largest absolute Gasteiger partial charge is 0.507 e. The predicted molar refractivity (Wildman–Crippen MR) is 108 cm³/mol. The van der Waals surface area contributed by atoms with E-state index in [1.807, 2.05) is 0 Å². The number of aliphatic hydroxyl groups excluding tert-OH is 1. The van der Waals surface area contributed by atoms with Crippen LogP contribution in [0.25, 0.3) is 5.76 Å². The van der Waals surface area contributed by atoms with Crippen molar-refractivity contribution < 1.29 is 23.8 Å². The molecule has 2 aromatic carbocycles. The minimum absolute atomic E-state index is 0.0527. The number of anilines is 1. The summed E-state index contributed by atoms with van der Waals surface area (Å²) in [5, 5.41) is 11.4. The number of furan rings is 1. The summed E-state index contributed by atoms with van der Waals surface area (Å²) in [6.45, 7) is 0. The summed E-state index contributed by atoms with van der Waals surface area (Å²) in [7, 11) is 1.54. The first-order valence-electron chi connectivity index (χ1n) is 8.75. The summed E-state index contributed by atoms with van der Waals surface area (Å²) >= 11 is 5.91. The predicted octanol–water partition coefficient (Wildman–Crippen LogP) is 4.57. The van der Waals surface area contributed by atoms with Crippen LogP contribution in [0.3, 0.4) is 0 Å². The van der Waals surface area contributed by atoms with E-state index in [0.29, 0.717) is 27.8 Å². The number of hydrogen-bond donors (Lipinski definition) is 1. The Hall–Kier alpha value is -3.51. The van der Waals surface area contributed by atoms with Gasteiger partial charge in [-0.2, -0.15) is 0 Å². The summed E-state index contributed by atoms with van der Waals surface area (Å²) in [6.07, 6.45) is 1.45. The Labute approximate surface area is 171 Å². The molecule has 0 bridgehead atoms. The number of carbonyl (C=O) groups excluding carboxylic acids is 2. The molecule has 29 heavy (non-hydrogen) atoms. The normalized spacial score (nSPS) is 18.3. The number of ketones is 1. The van der Waals surface area contributed by atoms with E-state index in [9.17, 15) is 14.7 Å². The molecule has 1 saturated heterocycles. The highest BCUT2D eigenvalue weighted by Crippen LogP contribution is 2.42. The van der Waals surface area contributed by atoms with E-state index < -0.39 is 17.7 Å². The maximum absolute atomic E-state index is 12.9. The second-order valence-electron chi connectivity index (χ2n) is 6.39. The first-order valence-corrected chi connectivity index (χ1v) is 9.13. The topological polar surface area (TPSA) is 80.0 Å². The van der Waals surface area contributed by atoms with E-state index in [1.165, 1.54) is 18.3 Å². The molecule has 0 aliphatic carbocycles. The number of rotatable bonds is 4. The van der Waals surface area contributed by atoms with E-state index in [-0.39, 0.29) is 11.3 Å². The van der Waals surface area contributed by atoms with E-state index in [2.05, 4.69) is 0 Å². The lowest BCUT2D eigenvalue weighted by Crippen LogP contribution is -2.29. The van der Waals surface area contributed by atoms with Crippen LogP contribution in [-0.2, 0) is 9.59 Å². The fourth-order valence-corrected chi connectivity index (χ4v) is 3.45. The molecule has 0 saturated carbocycles. The van der Waals surface area contributed by atoms with Crippen molar-refractivity contribution in [3.05, 3.63) is 88.8 Å². The van der Waals surface area contributed by atoms with Crippen LogP contribution < -0.4 is 9.64 Å². The standard InChI is InChI=1S/C22H16ClNO5/c1-28-16-10-8-15(9-11-16)24-19(17-3-2-12-29-17)18(21(26)22(24)27)20(25)13-4-6-14(23)7-5-13/h2-12,19,25H,1H3/b20-18-. The average Bonchev–Trinajstić information content (AvgIpc) is 3.35. The zero-order valence-electron chi connectivity index (χ0n) is 15.3. The molecule has 1 aliphatic rings. The molecule has 2 heterocycles. The Balaban J connectivity index is 1.88. The summed E-state index contributed by atoms with van der Waals surface area (Å²) < 4.78 is 10.7. The van der Waals surface area contributed by atoms with E-state index in [4.69, 9.17) is 20.8 Å². The summed E-state index contributed by atoms with van der Waals surface area (Å²) in [5.41, 5.74) is 0.797. The van der Waals surface area contributed by atoms with Gasteiger partial charge in [0.25, 0.3) is 11.7 Å². The number of aliphatic hydroxyl groups is 1. The number of halogens is 1. The van der Waals surface area contributed by atoms with Gasteiger partial charge in [-0.25, -0.2) is 0 Å². The molecule has 7 heteroatoms. The third-order valence-corrected chi connectivity index (χ3v) is 4.98. The minimum atomic E-state index is -0.908. The summed E-state index contributed by atoms with van der Waals surface area (Å²) in [6, 6.07) is 15.5. The number of Topliss-reactive ketones (excluding diaryl/α,β-unsaturated/α-hetero) is 1. The van der Waals surface area contributed by atoms with Crippen molar-refractivity contribution in [1.29, 1.82) is 0 Å². The van der Waals surface area contributed by atoms with Gasteiger partial charge in [0.1, 0.15) is 23.3 Å². The van der Waals surface area contributed by atoms with Gasteiger partial charge in [0, 0.05) is 16.3 Å². The molecule has 1 aliphatic heterocycles. The van der Waals surface area contributed by atoms with Crippen LogP contribution >= 0.6 is 11.6 Å². The van der Waals surface area contributed by atoms with Crippen LogP contribution in [0, 0.1) is 0 Å².